The second-order valence-electron chi connectivity index (χ2n) is 3.83. The van der Waals surface area contributed by atoms with E-state index in [-0.39, 0.29) is 6.10 Å². The van der Waals surface area contributed by atoms with Crippen molar-refractivity contribution in [3.63, 3.8) is 0 Å². The first-order valence-corrected chi connectivity index (χ1v) is 6.05. The molecular formula is C11H11N3OS. The fourth-order valence-electron chi connectivity index (χ4n) is 1.73. The topological polar surface area (TPSA) is 49.2 Å². The van der Waals surface area contributed by atoms with Crippen LogP contribution in [0.2, 0.25) is 0 Å². The predicted octanol–water partition coefficient (Wildman–Crippen LogP) is 1.39. The number of aliphatic hydroxyl groups is 1. The molecular weight excluding hydrogens is 222 g/mol. The summed E-state index contributed by atoms with van der Waals surface area (Å²) in [6.07, 6.45) is 1.37. The van der Waals surface area contributed by atoms with Crippen molar-refractivity contribution in [2.24, 2.45) is 0 Å². The van der Waals surface area contributed by atoms with E-state index in [9.17, 15) is 5.11 Å². The van der Waals surface area contributed by atoms with Gasteiger partial charge in [0.15, 0.2) is 0 Å². The lowest BCUT2D eigenvalue weighted by molar-refractivity contribution is 0.141. The number of nitrogens with zero attached hydrogens (tertiary/aromatic N) is 3. The highest BCUT2D eigenvalue weighted by Crippen LogP contribution is 2.24. The molecule has 0 spiro atoms. The number of thiophene rings is 1. The van der Waals surface area contributed by atoms with Gasteiger partial charge in [-0.15, -0.1) is 0 Å². The van der Waals surface area contributed by atoms with E-state index in [1.54, 1.807) is 17.7 Å². The van der Waals surface area contributed by atoms with Gasteiger partial charge in [-0.3, -0.25) is 0 Å². The Bertz CT molecular complexity index is 480. The summed E-state index contributed by atoms with van der Waals surface area (Å²) in [5.74, 6) is 0.890. The molecule has 3 rings (SSSR count). The molecule has 1 fully saturated rings. The molecule has 16 heavy (non-hydrogen) atoms. The van der Waals surface area contributed by atoms with Crippen LogP contribution in [0.5, 0.6) is 0 Å². The molecule has 0 aromatic carbocycles. The van der Waals surface area contributed by atoms with Crippen LogP contribution in [0.1, 0.15) is 0 Å². The first-order valence-electron chi connectivity index (χ1n) is 5.10. The van der Waals surface area contributed by atoms with Crippen molar-refractivity contribution in [1.82, 2.24) is 9.97 Å². The maximum Gasteiger partial charge on any atom is 0.132 e. The third kappa shape index (κ3) is 1.68. The molecule has 1 saturated heterocycles. The zero-order valence-corrected chi connectivity index (χ0v) is 9.39. The molecule has 1 aliphatic rings. The van der Waals surface area contributed by atoms with Gasteiger partial charge in [0.1, 0.15) is 12.1 Å². The minimum absolute atomic E-state index is 0.209. The molecule has 2 aromatic rings. The van der Waals surface area contributed by atoms with E-state index in [0.717, 1.165) is 17.1 Å². The molecule has 0 radical (unpaired) electrons. The molecule has 3 heterocycles. The van der Waals surface area contributed by atoms with Gasteiger partial charge in [-0.25, -0.2) is 9.97 Å². The summed E-state index contributed by atoms with van der Waals surface area (Å²) < 4.78 is 0. The number of β-amino-alcohol motifs (C(OH)–C–C–N with tert-alkyl or cyclic N) is 1. The first kappa shape index (κ1) is 9.74. The van der Waals surface area contributed by atoms with Crippen molar-refractivity contribution in [2.45, 2.75) is 6.10 Å². The highest BCUT2D eigenvalue weighted by Gasteiger charge is 2.25. The van der Waals surface area contributed by atoms with Gasteiger partial charge < -0.3 is 10.0 Å². The van der Waals surface area contributed by atoms with E-state index in [4.69, 9.17) is 0 Å². The summed E-state index contributed by atoms with van der Waals surface area (Å²) in [5.41, 5.74) is 2.06. The molecule has 0 bridgehead atoms. The summed E-state index contributed by atoms with van der Waals surface area (Å²) in [6.45, 7) is 1.33. The normalized spacial score (nSPS) is 16.2. The molecule has 1 N–H and O–H groups in total. The monoisotopic (exact) mass is 233 g/mol. The minimum Gasteiger partial charge on any atom is -0.389 e. The van der Waals surface area contributed by atoms with Crippen LogP contribution in [-0.4, -0.2) is 34.3 Å². The van der Waals surface area contributed by atoms with Gasteiger partial charge in [0.25, 0.3) is 0 Å². The van der Waals surface area contributed by atoms with E-state index in [2.05, 4.69) is 15.3 Å². The highest BCUT2D eigenvalue weighted by atomic mass is 32.1. The Morgan fingerprint density at radius 1 is 1.38 bits per heavy atom. The Hall–Kier alpha value is -1.46. The van der Waals surface area contributed by atoms with Crippen LogP contribution in [0.15, 0.2) is 29.2 Å². The average molecular weight is 233 g/mol. The summed E-state index contributed by atoms with van der Waals surface area (Å²) in [4.78, 5) is 10.5. The molecule has 5 heteroatoms. The smallest absolute Gasteiger partial charge is 0.132 e. The Labute approximate surface area is 97.2 Å². The van der Waals surface area contributed by atoms with Crippen molar-refractivity contribution >= 4 is 17.2 Å². The summed E-state index contributed by atoms with van der Waals surface area (Å²) in [6, 6.07) is 4.01. The molecule has 0 saturated carbocycles. The lowest BCUT2D eigenvalue weighted by Crippen LogP contribution is -2.51. The van der Waals surface area contributed by atoms with E-state index in [1.807, 2.05) is 22.4 Å². The van der Waals surface area contributed by atoms with Crippen LogP contribution < -0.4 is 4.90 Å². The zero-order chi connectivity index (χ0) is 11.0. The maximum absolute atomic E-state index is 9.25. The highest BCUT2D eigenvalue weighted by molar-refractivity contribution is 7.08. The third-order valence-corrected chi connectivity index (χ3v) is 3.34. The standard InChI is InChI=1S/C11H11N3OS/c15-9-4-14(5-9)11-3-10(12-7-13-11)8-1-2-16-6-8/h1-3,6-7,9,15H,4-5H2. The van der Waals surface area contributed by atoms with Crippen molar-refractivity contribution in [3.8, 4) is 11.3 Å². The summed E-state index contributed by atoms with van der Waals surface area (Å²) >= 11 is 1.65. The SMILES string of the molecule is OC1CN(c2cc(-c3ccsc3)ncn2)C1. The van der Waals surface area contributed by atoms with Crippen LogP contribution in [0.25, 0.3) is 11.3 Å². The first-order chi connectivity index (χ1) is 7.83. The van der Waals surface area contributed by atoms with Crippen LogP contribution in [0.3, 0.4) is 0 Å². The Kier molecular flexibility index (Phi) is 2.34. The Balaban J connectivity index is 1.89. The van der Waals surface area contributed by atoms with Crippen molar-refractivity contribution < 1.29 is 5.11 Å². The molecule has 0 unspecified atom stereocenters. The Morgan fingerprint density at radius 3 is 2.94 bits per heavy atom. The zero-order valence-electron chi connectivity index (χ0n) is 8.58. The van der Waals surface area contributed by atoms with Gasteiger partial charge in [-0.05, 0) is 11.4 Å². The van der Waals surface area contributed by atoms with Gasteiger partial charge in [0.2, 0.25) is 0 Å². The fourth-order valence-corrected chi connectivity index (χ4v) is 2.38. The van der Waals surface area contributed by atoms with E-state index in [1.165, 1.54) is 0 Å². The van der Waals surface area contributed by atoms with Gasteiger partial charge >= 0.3 is 0 Å². The second-order valence-corrected chi connectivity index (χ2v) is 4.61. The number of anilines is 1. The quantitative estimate of drug-likeness (QED) is 0.851. The van der Waals surface area contributed by atoms with Crippen LogP contribution >= 0.6 is 11.3 Å². The van der Waals surface area contributed by atoms with Gasteiger partial charge in [-0.1, -0.05) is 0 Å². The minimum atomic E-state index is -0.209. The Morgan fingerprint density at radius 2 is 2.25 bits per heavy atom. The van der Waals surface area contributed by atoms with Crippen LogP contribution in [0.4, 0.5) is 5.82 Å². The molecule has 4 nitrogen and oxygen atoms in total. The van der Waals surface area contributed by atoms with E-state index >= 15 is 0 Å². The van der Waals surface area contributed by atoms with E-state index in [0.29, 0.717) is 13.1 Å². The third-order valence-electron chi connectivity index (χ3n) is 2.66. The molecule has 82 valence electrons. The predicted molar refractivity (Wildman–Crippen MR) is 63.6 cm³/mol. The number of aliphatic hydroxyl groups excluding tert-OH is 1. The molecule has 0 atom stereocenters. The van der Waals surface area contributed by atoms with Crippen LogP contribution in [0, 0.1) is 0 Å². The number of aromatic nitrogens is 2. The van der Waals surface area contributed by atoms with Gasteiger partial charge in [-0.2, -0.15) is 11.3 Å². The summed E-state index contributed by atoms with van der Waals surface area (Å²) in [7, 11) is 0. The van der Waals surface area contributed by atoms with E-state index < -0.39 is 0 Å². The fraction of sp³-hybridized carbons (Fsp3) is 0.273. The van der Waals surface area contributed by atoms with Crippen molar-refractivity contribution in [2.75, 3.05) is 18.0 Å². The summed E-state index contributed by atoms with van der Waals surface area (Å²) in [5, 5.41) is 13.3. The van der Waals surface area contributed by atoms with Gasteiger partial charge in [0, 0.05) is 30.1 Å². The maximum atomic E-state index is 9.25. The second kappa shape index (κ2) is 3.84. The van der Waals surface area contributed by atoms with Crippen LogP contribution in [-0.2, 0) is 0 Å². The number of rotatable bonds is 2. The largest absolute Gasteiger partial charge is 0.389 e. The molecule has 0 amide bonds. The lowest BCUT2D eigenvalue weighted by Gasteiger charge is -2.36. The van der Waals surface area contributed by atoms with Gasteiger partial charge in [0.05, 0.1) is 11.8 Å². The number of hydrogen-bond donors (Lipinski definition) is 1. The lowest BCUT2D eigenvalue weighted by atomic mass is 10.1. The molecule has 1 aliphatic heterocycles. The van der Waals surface area contributed by atoms with Crippen molar-refractivity contribution in [1.29, 1.82) is 0 Å². The number of hydrogen-bond acceptors (Lipinski definition) is 5. The molecule has 0 aliphatic carbocycles. The average Bonchev–Trinajstić information content (AvgIpc) is 2.78. The van der Waals surface area contributed by atoms with Crippen molar-refractivity contribution in [3.05, 3.63) is 29.2 Å². The molecule has 2 aromatic heterocycles.